The fraction of sp³-hybridized carbons (Fsp3) is 0.263. The van der Waals surface area contributed by atoms with Crippen LogP contribution in [-0.4, -0.2) is 45.5 Å². The first-order valence-electron chi connectivity index (χ1n) is 8.42. The van der Waals surface area contributed by atoms with Gasteiger partial charge < -0.3 is 14.1 Å². The molecule has 0 saturated carbocycles. The number of oxazole rings is 1. The first kappa shape index (κ1) is 16.3. The molecule has 132 valence electrons. The summed E-state index contributed by atoms with van der Waals surface area (Å²) in [5.41, 5.74) is 1.28. The summed E-state index contributed by atoms with van der Waals surface area (Å²) >= 11 is 0. The average Bonchev–Trinajstić information content (AvgIpc) is 3.37. The minimum atomic E-state index is -0.133. The number of hydrogen-bond acceptors (Lipinski definition) is 6. The Bertz CT molecular complexity index is 840. The Morgan fingerprint density at radius 1 is 1.15 bits per heavy atom. The number of ether oxygens (including phenoxy) is 1. The molecule has 26 heavy (non-hydrogen) atoms. The van der Waals surface area contributed by atoms with Gasteiger partial charge in [0.1, 0.15) is 12.0 Å². The minimum absolute atomic E-state index is 0.105. The molecule has 1 aliphatic rings. The summed E-state index contributed by atoms with van der Waals surface area (Å²) in [7, 11) is 0. The van der Waals surface area contributed by atoms with Crippen molar-refractivity contribution in [2.24, 2.45) is 5.92 Å². The van der Waals surface area contributed by atoms with Crippen molar-refractivity contribution in [2.45, 2.75) is 5.92 Å². The molecule has 1 saturated heterocycles. The summed E-state index contributed by atoms with van der Waals surface area (Å²) < 4.78 is 10.9. The van der Waals surface area contributed by atoms with Gasteiger partial charge in [0.15, 0.2) is 12.1 Å². The van der Waals surface area contributed by atoms with E-state index in [2.05, 4.69) is 15.0 Å². The van der Waals surface area contributed by atoms with E-state index in [4.69, 9.17) is 9.15 Å². The topological polar surface area (TPSA) is 81.4 Å². The zero-order chi connectivity index (χ0) is 17.8. The van der Waals surface area contributed by atoms with Crippen LogP contribution in [0.2, 0.25) is 0 Å². The molecular weight excluding hydrogens is 332 g/mol. The lowest BCUT2D eigenvalue weighted by molar-refractivity contribution is 0.0776. The normalized spacial score (nSPS) is 19.5. The van der Waals surface area contributed by atoms with Crippen LogP contribution in [0.15, 0.2) is 66.0 Å². The van der Waals surface area contributed by atoms with Gasteiger partial charge in [-0.2, -0.15) is 0 Å². The molecule has 0 N–H and O–H groups in total. The van der Waals surface area contributed by atoms with Crippen molar-refractivity contribution in [1.29, 1.82) is 0 Å². The third-order valence-electron chi connectivity index (χ3n) is 4.56. The summed E-state index contributed by atoms with van der Waals surface area (Å²) in [6, 6.07) is 9.49. The molecule has 7 nitrogen and oxygen atoms in total. The summed E-state index contributed by atoms with van der Waals surface area (Å²) in [6.07, 6.45) is 7.81. The number of carbonyl (C=O) groups is 1. The van der Waals surface area contributed by atoms with Crippen LogP contribution >= 0.6 is 0 Å². The summed E-state index contributed by atoms with van der Waals surface area (Å²) in [5, 5.41) is 0. The van der Waals surface area contributed by atoms with Gasteiger partial charge in [0, 0.05) is 49.2 Å². The van der Waals surface area contributed by atoms with Gasteiger partial charge in [0.05, 0.1) is 6.61 Å². The van der Waals surface area contributed by atoms with Crippen molar-refractivity contribution in [1.82, 2.24) is 19.9 Å². The van der Waals surface area contributed by atoms with E-state index in [0.717, 1.165) is 11.4 Å². The molecule has 4 heterocycles. The smallest absolute Gasteiger partial charge is 0.275 e. The Hall–Kier alpha value is -3.22. The Balaban J connectivity index is 1.52. The second-order valence-corrected chi connectivity index (χ2v) is 6.20. The number of amides is 1. The van der Waals surface area contributed by atoms with E-state index >= 15 is 0 Å². The van der Waals surface area contributed by atoms with Crippen molar-refractivity contribution in [3.05, 3.63) is 73.0 Å². The predicted octanol–water partition coefficient (Wildman–Crippen LogP) is 2.40. The van der Waals surface area contributed by atoms with E-state index in [1.54, 1.807) is 23.5 Å². The first-order valence-corrected chi connectivity index (χ1v) is 8.42. The van der Waals surface area contributed by atoms with E-state index in [9.17, 15) is 4.79 Å². The van der Waals surface area contributed by atoms with Gasteiger partial charge in [-0.3, -0.25) is 14.8 Å². The Morgan fingerprint density at radius 2 is 2.04 bits per heavy atom. The molecule has 0 bridgehead atoms. The quantitative estimate of drug-likeness (QED) is 0.703. The molecule has 1 fully saturated rings. The number of carbonyl (C=O) groups excluding carboxylic acids is 1. The molecule has 3 aromatic rings. The molecular formula is C19H18N4O3. The molecule has 7 heteroatoms. The fourth-order valence-electron chi connectivity index (χ4n) is 3.25. The Kier molecular flexibility index (Phi) is 4.59. The maximum Gasteiger partial charge on any atom is 0.275 e. The van der Waals surface area contributed by atoms with Crippen LogP contribution in [-0.2, 0) is 0 Å². The summed E-state index contributed by atoms with van der Waals surface area (Å²) in [6.45, 7) is 1.65. The zero-order valence-corrected chi connectivity index (χ0v) is 14.1. The van der Waals surface area contributed by atoms with Gasteiger partial charge in [-0.15, -0.1) is 0 Å². The molecule has 0 aliphatic carbocycles. The van der Waals surface area contributed by atoms with Gasteiger partial charge in [-0.1, -0.05) is 6.07 Å². The maximum atomic E-state index is 12.6. The van der Waals surface area contributed by atoms with Gasteiger partial charge in [-0.05, 0) is 24.3 Å². The second-order valence-electron chi connectivity index (χ2n) is 6.20. The maximum absolute atomic E-state index is 12.6. The van der Waals surface area contributed by atoms with E-state index in [-0.39, 0.29) is 17.7 Å². The van der Waals surface area contributed by atoms with E-state index in [0.29, 0.717) is 25.4 Å². The average molecular weight is 350 g/mol. The molecule has 0 radical (unpaired) electrons. The van der Waals surface area contributed by atoms with Crippen molar-refractivity contribution in [3.63, 3.8) is 0 Å². The number of aromatic nitrogens is 3. The van der Waals surface area contributed by atoms with Crippen molar-refractivity contribution in [2.75, 3.05) is 19.7 Å². The minimum Gasteiger partial charge on any atom is -0.493 e. The second kappa shape index (κ2) is 7.35. The summed E-state index contributed by atoms with van der Waals surface area (Å²) in [4.78, 5) is 26.9. The number of hydrogen-bond donors (Lipinski definition) is 0. The molecule has 1 amide bonds. The molecule has 2 atom stereocenters. The third kappa shape index (κ3) is 3.42. The highest BCUT2D eigenvalue weighted by molar-refractivity contribution is 5.92. The highest BCUT2D eigenvalue weighted by atomic mass is 16.5. The van der Waals surface area contributed by atoms with E-state index < -0.39 is 0 Å². The largest absolute Gasteiger partial charge is 0.493 e. The number of likely N-dealkylation sites (tertiary alicyclic amines) is 1. The molecule has 4 rings (SSSR count). The monoisotopic (exact) mass is 350 g/mol. The highest BCUT2D eigenvalue weighted by Gasteiger charge is 2.38. The number of pyridine rings is 2. The predicted molar refractivity (Wildman–Crippen MR) is 92.6 cm³/mol. The van der Waals surface area contributed by atoms with Crippen LogP contribution < -0.4 is 4.74 Å². The van der Waals surface area contributed by atoms with Crippen molar-refractivity contribution < 1.29 is 13.9 Å². The Morgan fingerprint density at radius 3 is 2.77 bits per heavy atom. The lowest BCUT2D eigenvalue weighted by Gasteiger charge is -2.18. The van der Waals surface area contributed by atoms with Gasteiger partial charge in [0.2, 0.25) is 0 Å². The van der Waals surface area contributed by atoms with Gasteiger partial charge in [0.25, 0.3) is 5.91 Å². The standard InChI is InChI=1S/C19H18N4O3/c24-19(18-12-25-13-22-18)23-9-14(11-26-15-4-7-20-8-5-15)16(10-23)17-3-1-2-6-21-17/h1-8,12-14,16H,9-11H2/t14-,16+/m0/s1. The number of rotatable bonds is 5. The SMILES string of the molecule is O=C(c1cocn1)N1C[C@@H](COc2ccncc2)[C@H](c2ccccn2)C1. The highest BCUT2D eigenvalue weighted by Crippen LogP contribution is 2.32. The lowest BCUT2D eigenvalue weighted by Crippen LogP contribution is -2.29. The summed E-state index contributed by atoms with van der Waals surface area (Å²) in [5.74, 6) is 0.870. The van der Waals surface area contributed by atoms with Crippen LogP contribution in [0, 0.1) is 5.92 Å². The number of nitrogens with zero attached hydrogens (tertiary/aromatic N) is 4. The molecule has 0 unspecified atom stereocenters. The third-order valence-corrected chi connectivity index (χ3v) is 4.56. The zero-order valence-electron chi connectivity index (χ0n) is 14.1. The van der Waals surface area contributed by atoms with Crippen LogP contribution in [0.5, 0.6) is 5.75 Å². The first-order chi connectivity index (χ1) is 12.8. The lowest BCUT2D eigenvalue weighted by atomic mass is 9.93. The van der Waals surface area contributed by atoms with Crippen LogP contribution in [0.4, 0.5) is 0 Å². The van der Waals surface area contributed by atoms with Gasteiger partial charge >= 0.3 is 0 Å². The molecule has 0 aromatic carbocycles. The van der Waals surface area contributed by atoms with Crippen molar-refractivity contribution in [3.8, 4) is 5.75 Å². The van der Waals surface area contributed by atoms with E-state index in [1.165, 1.54) is 12.7 Å². The van der Waals surface area contributed by atoms with Gasteiger partial charge in [-0.25, -0.2) is 4.98 Å². The van der Waals surface area contributed by atoms with Crippen LogP contribution in [0.3, 0.4) is 0 Å². The van der Waals surface area contributed by atoms with Crippen LogP contribution in [0.1, 0.15) is 22.1 Å². The van der Waals surface area contributed by atoms with Crippen LogP contribution in [0.25, 0.3) is 0 Å². The van der Waals surface area contributed by atoms with E-state index in [1.807, 2.05) is 30.3 Å². The fourth-order valence-corrected chi connectivity index (χ4v) is 3.25. The molecule has 3 aromatic heterocycles. The molecule has 0 spiro atoms. The Labute approximate surface area is 150 Å². The molecule has 1 aliphatic heterocycles. The van der Waals surface area contributed by atoms with Crippen molar-refractivity contribution >= 4 is 5.91 Å².